The standard InChI is InChI=1S/C22H25NO4/c1-15(21(24)23-20-10-6-9-19(20)22(25)26-2)27-18-13-11-17(12-14-18)16-7-4-3-5-8-16/h3-5,7-8,11-15,19-20H,6,9-10H2,1-2H3,(H,23,24)/t15-,19+,20-/m0/s1. The first-order chi connectivity index (χ1) is 13.1. The van der Waals surface area contributed by atoms with E-state index >= 15 is 0 Å². The maximum Gasteiger partial charge on any atom is 0.310 e. The van der Waals surface area contributed by atoms with E-state index in [0.29, 0.717) is 5.75 Å². The average Bonchev–Trinajstić information content (AvgIpc) is 3.16. The highest BCUT2D eigenvalue weighted by atomic mass is 16.5. The molecule has 1 saturated carbocycles. The third-order valence-corrected chi connectivity index (χ3v) is 4.99. The van der Waals surface area contributed by atoms with Crippen molar-refractivity contribution in [3.63, 3.8) is 0 Å². The Bertz CT molecular complexity index is 773. The number of hydrogen-bond acceptors (Lipinski definition) is 4. The average molecular weight is 367 g/mol. The number of hydrogen-bond donors (Lipinski definition) is 1. The van der Waals surface area contributed by atoms with Crippen LogP contribution >= 0.6 is 0 Å². The van der Waals surface area contributed by atoms with E-state index in [2.05, 4.69) is 5.32 Å². The lowest BCUT2D eigenvalue weighted by Gasteiger charge is -2.22. The molecule has 0 spiro atoms. The minimum absolute atomic E-state index is 0.184. The van der Waals surface area contributed by atoms with Crippen LogP contribution in [0.2, 0.25) is 0 Å². The van der Waals surface area contributed by atoms with E-state index in [9.17, 15) is 9.59 Å². The van der Waals surface area contributed by atoms with Gasteiger partial charge in [-0.2, -0.15) is 0 Å². The number of ether oxygens (including phenoxy) is 2. The third kappa shape index (κ3) is 4.67. The van der Waals surface area contributed by atoms with Crippen LogP contribution in [0.4, 0.5) is 0 Å². The lowest BCUT2D eigenvalue weighted by molar-refractivity contribution is -0.146. The zero-order valence-corrected chi connectivity index (χ0v) is 15.7. The van der Waals surface area contributed by atoms with Gasteiger partial charge < -0.3 is 14.8 Å². The molecule has 1 N–H and O–H groups in total. The van der Waals surface area contributed by atoms with Gasteiger partial charge in [0.2, 0.25) is 0 Å². The number of rotatable bonds is 6. The Hall–Kier alpha value is -2.82. The molecule has 1 fully saturated rings. The Labute approximate surface area is 159 Å². The van der Waals surface area contributed by atoms with E-state index in [0.717, 1.165) is 30.4 Å². The summed E-state index contributed by atoms with van der Waals surface area (Å²) in [5.41, 5.74) is 2.22. The van der Waals surface area contributed by atoms with E-state index in [1.165, 1.54) is 7.11 Å². The van der Waals surface area contributed by atoms with Gasteiger partial charge in [0.15, 0.2) is 6.10 Å². The molecule has 3 atom stereocenters. The molecule has 1 aliphatic rings. The lowest BCUT2D eigenvalue weighted by atomic mass is 10.0. The summed E-state index contributed by atoms with van der Waals surface area (Å²) in [5, 5.41) is 2.94. The van der Waals surface area contributed by atoms with Crippen LogP contribution in [-0.2, 0) is 14.3 Å². The van der Waals surface area contributed by atoms with E-state index in [1.807, 2.05) is 54.6 Å². The molecule has 1 amide bonds. The van der Waals surface area contributed by atoms with Crippen LogP contribution in [0.1, 0.15) is 26.2 Å². The Morgan fingerprint density at radius 3 is 2.33 bits per heavy atom. The molecule has 0 aromatic heterocycles. The summed E-state index contributed by atoms with van der Waals surface area (Å²) < 4.78 is 10.6. The van der Waals surface area contributed by atoms with E-state index in [1.54, 1.807) is 6.92 Å². The van der Waals surface area contributed by atoms with E-state index in [-0.39, 0.29) is 23.8 Å². The number of carbonyl (C=O) groups is 2. The zero-order chi connectivity index (χ0) is 19.2. The molecule has 0 radical (unpaired) electrons. The molecule has 1 aliphatic carbocycles. The molecule has 5 heteroatoms. The Balaban J connectivity index is 1.57. The zero-order valence-electron chi connectivity index (χ0n) is 15.7. The van der Waals surface area contributed by atoms with Gasteiger partial charge in [0.1, 0.15) is 5.75 Å². The van der Waals surface area contributed by atoms with Gasteiger partial charge in [-0.1, -0.05) is 48.9 Å². The minimum Gasteiger partial charge on any atom is -0.481 e. The second-order valence-corrected chi connectivity index (χ2v) is 6.83. The minimum atomic E-state index is -0.647. The molecule has 27 heavy (non-hydrogen) atoms. The van der Waals surface area contributed by atoms with E-state index in [4.69, 9.17) is 9.47 Å². The van der Waals surface area contributed by atoms with Crippen molar-refractivity contribution in [2.45, 2.75) is 38.3 Å². The van der Waals surface area contributed by atoms with Gasteiger partial charge >= 0.3 is 5.97 Å². The number of carbonyl (C=O) groups excluding carboxylic acids is 2. The predicted octanol–water partition coefficient (Wildman–Crippen LogP) is 3.58. The summed E-state index contributed by atoms with van der Waals surface area (Å²) in [6.07, 6.45) is 1.78. The molecule has 0 aliphatic heterocycles. The van der Waals surface area contributed by atoms with Gasteiger partial charge in [0.25, 0.3) is 5.91 Å². The Kier molecular flexibility index (Phi) is 6.12. The smallest absolute Gasteiger partial charge is 0.310 e. The molecule has 0 heterocycles. The molecule has 0 unspecified atom stereocenters. The van der Waals surface area contributed by atoms with Crippen molar-refractivity contribution in [2.24, 2.45) is 5.92 Å². The summed E-state index contributed by atoms with van der Waals surface area (Å²) in [7, 11) is 1.38. The normalized spacial score (nSPS) is 19.9. The molecule has 142 valence electrons. The summed E-state index contributed by atoms with van der Waals surface area (Å²) in [6, 6.07) is 17.5. The summed E-state index contributed by atoms with van der Waals surface area (Å²) >= 11 is 0. The summed E-state index contributed by atoms with van der Waals surface area (Å²) in [5.74, 6) is -0.115. The largest absolute Gasteiger partial charge is 0.481 e. The van der Waals surface area contributed by atoms with Crippen LogP contribution < -0.4 is 10.1 Å². The van der Waals surface area contributed by atoms with Crippen molar-refractivity contribution in [3.05, 3.63) is 54.6 Å². The maximum absolute atomic E-state index is 12.5. The first-order valence-electron chi connectivity index (χ1n) is 9.29. The molecule has 3 rings (SSSR count). The van der Waals surface area contributed by atoms with Gasteiger partial charge in [0.05, 0.1) is 13.0 Å². The van der Waals surface area contributed by atoms with Gasteiger partial charge in [-0.25, -0.2) is 0 Å². The Morgan fingerprint density at radius 1 is 1.00 bits per heavy atom. The molecular formula is C22H25NO4. The fourth-order valence-corrected chi connectivity index (χ4v) is 3.48. The monoisotopic (exact) mass is 367 g/mol. The van der Waals surface area contributed by atoms with E-state index < -0.39 is 6.10 Å². The highest BCUT2D eigenvalue weighted by Gasteiger charge is 2.35. The van der Waals surface area contributed by atoms with Crippen LogP contribution in [0.15, 0.2) is 54.6 Å². The number of nitrogens with one attached hydrogen (secondary N) is 1. The highest BCUT2D eigenvalue weighted by Crippen LogP contribution is 2.27. The molecule has 0 bridgehead atoms. The number of methoxy groups -OCH3 is 1. The van der Waals surface area contributed by atoms with Gasteiger partial charge in [-0.15, -0.1) is 0 Å². The van der Waals surface area contributed by atoms with Crippen LogP contribution in [-0.4, -0.2) is 31.1 Å². The van der Waals surface area contributed by atoms with Crippen LogP contribution in [0, 0.1) is 5.92 Å². The van der Waals surface area contributed by atoms with Gasteiger partial charge in [0, 0.05) is 6.04 Å². The topological polar surface area (TPSA) is 64.6 Å². The van der Waals surface area contributed by atoms with Crippen molar-refractivity contribution in [1.82, 2.24) is 5.32 Å². The van der Waals surface area contributed by atoms with Gasteiger partial charge in [-0.3, -0.25) is 9.59 Å². The van der Waals surface area contributed by atoms with Crippen LogP contribution in [0.25, 0.3) is 11.1 Å². The molecule has 0 saturated heterocycles. The van der Waals surface area contributed by atoms with Crippen molar-refractivity contribution in [3.8, 4) is 16.9 Å². The Morgan fingerprint density at radius 2 is 1.67 bits per heavy atom. The predicted molar refractivity (Wildman–Crippen MR) is 103 cm³/mol. The van der Waals surface area contributed by atoms with Crippen molar-refractivity contribution < 1.29 is 19.1 Å². The summed E-state index contributed by atoms with van der Waals surface area (Å²) in [6.45, 7) is 1.71. The van der Waals surface area contributed by atoms with Crippen molar-refractivity contribution >= 4 is 11.9 Å². The number of esters is 1. The first kappa shape index (κ1) is 19.0. The van der Waals surface area contributed by atoms with Crippen LogP contribution in [0.5, 0.6) is 5.75 Å². The maximum atomic E-state index is 12.5. The lowest BCUT2D eigenvalue weighted by Crippen LogP contribution is -2.45. The van der Waals surface area contributed by atoms with Crippen molar-refractivity contribution in [1.29, 1.82) is 0 Å². The quantitative estimate of drug-likeness (QED) is 0.793. The SMILES string of the molecule is COC(=O)[C@@H]1CCC[C@@H]1NC(=O)[C@H](C)Oc1ccc(-c2ccccc2)cc1. The molecule has 2 aromatic carbocycles. The van der Waals surface area contributed by atoms with Crippen molar-refractivity contribution in [2.75, 3.05) is 7.11 Å². The first-order valence-corrected chi connectivity index (χ1v) is 9.29. The molecule has 5 nitrogen and oxygen atoms in total. The fourth-order valence-electron chi connectivity index (χ4n) is 3.48. The second kappa shape index (κ2) is 8.71. The summed E-state index contributed by atoms with van der Waals surface area (Å²) in [4.78, 5) is 24.3. The molecular weight excluding hydrogens is 342 g/mol. The van der Waals surface area contributed by atoms with Gasteiger partial charge in [-0.05, 0) is 43.0 Å². The second-order valence-electron chi connectivity index (χ2n) is 6.83. The number of amides is 1. The molecule has 2 aromatic rings. The third-order valence-electron chi connectivity index (χ3n) is 4.99. The highest BCUT2D eigenvalue weighted by molar-refractivity contribution is 5.82. The number of benzene rings is 2. The fraction of sp³-hybridized carbons (Fsp3) is 0.364. The van der Waals surface area contributed by atoms with Crippen LogP contribution in [0.3, 0.4) is 0 Å².